The largest absolute Gasteiger partial charge is 0.0818 e. The summed E-state index contributed by atoms with van der Waals surface area (Å²) in [6.45, 7) is 4.43. The predicted molar refractivity (Wildman–Crippen MR) is 55.8 cm³/mol. The molecule has 0 atom stereocenters. The molecule has 0 saturated carbocycles. The summed E-state index contributed by atoms with van der Waals surface area (Å²) in [7, 11) is 0. The Balaban J connectivity index is 3.61. The molecular formula is C6H10I2. The van der Waals surface area contributed by atoms with Crippen LogP contribution in [-0.2, 0) is 0 Å². The number of allylic oxidation sites excluding steroid dienone is 2. The third kappa shape index (κ3) is 4.12. The molecule has 0 saturated heterocycles. The molecule has 0 spiro atoms. The van der Waals surface area contributed by atoms with Crippen molar-refractivity contribution < 1.29 is 0 Å². The molecule has 0 aliphatic carbocycles. The topological polar surface area (TPSA) is 0 Å². The molecule has 0 aromatic carbocycles. The maximum absolute atomic E-state index is 2.39. The zero-order valence-corrected chi connectivity index (χ0v) is 9.43. The van der Waals surface area contributed by atoms with E-state index in [0.29, 0.717) is 5.92 Å². The van der Waals surface area contributed by atoms with E-state index in [1.54, 1.807) is 0 Å². The van der Waals surface area contributed by atoms with E-state index in [0.717, 1.165) is 4.43 Å². The van der Waals surface area contributed by atoms with Crippen LogP contribution in [0.1, 0.15) is 13.8 Å². The summed E-state index contributed by atoms with van der Waals surface area (Å²) < 4.78 is 2.60. The molecular weight excluding hydrogens is 326 g/mol. The normalized spacial score (nSPS) is 12.9. The summed E-state index contributed by atoms with van der Waals surface area (Å²) in [5.41, 5.74) is 0. The van der Waals surface area contributed by atoms with Crippen molar-refractivity contribution in [3.05, 3.63) is 9.66 Å². The maximum Gasteiger partial charge on any atom is 0.0186 e. The first-order chi connectivity index (χ1) is 3.68. The third-order valence-electron chi connectivity index (χ3n) is 0.824. The van der Waals surface area contributed by atoms with Crippen LogP contribution in [0.15, 0.2) is 9.66 Å². The van der Waals surface area contributed by atoms with Crippen LogP contribution in [0.3, 0.4) is 0 Å². The molecule has 0 bridgehead atoms. The minimum absolute atomic E-state index is 0.713. The van der Waals surface area contributed by atoms with Crippen LogP contribution in [0.5, 0.6) is 0 Å². The lowest BCUT2D eigenvalue weighted by atomic mass is 10.2. The Labute approximate surface area is 78.4 Å². The molecule has 0 unspecified atom stereocenters. The summed E-state index contributed by atoms with van der Waals surface area (Å²) in [5.74, 6) is 0.713. The summed E-state index contributed by atoms with van der Waals surface area (Å²) in [6.07, 6.45) is 2.26. The Morgan fingerprint density at radius 1 is 1.62 bits per heavy atom. The van der Waals surface area contributed by atoms with Gasteiger partial charge in [-0.15, -0.1) is 0 Å². The van der Waals surface area contributed by atoms with Crippen molar-refractivity contribution in [2.75, 3.05) is 4.43 Å². The molecule has 48 valence electrons. The van der Waals surface area contributed by atoms with Gasteiger partial charge in [0.05, 0.1) is 0 Å². The fourth-order valence-corrected chi connectivity index (χ4v) is 1.85. The molecule has 0 nitrogen and oxygen atoms in total. The van der Waals surface area contributed by atoms with Crippen molar-refractivity contribution >= 4 is 45.2 Å². The van der Waals surface area contributed by atoms with Crippen molar-refractivity contribution in [1.29, 1.82) is 0 Å². The molecule has 0 aromatic heterocycles. The highest BCUT2D eigenvalue weighted by Crippen LogP contribution is 2.16. The van der Waals surface area contributed by atoms with Crippen molar-refractivity contribution in [2.45, 2.75) is 13.8 Å². The van der Waals surface area contributed by atoms with Crippen molar-refractivity contribution in [3.63, 3.8) is 0 Å². The standard InChI is InChI=1S/C6H10I2/c1-5(2)6(8)3-4-7/h3,5H,4H2,1-2H3/b6-3-. The highest BCUT2D eigenvalue weighted by Gasteiger charge is 1.94. The zero-order chi connectivity index (χ0) is 6.57. The van der Waals surface area contributed by atoms with E-state index >= 15 is 0 Å². The van der Waals surface area contributed by atoms with Gasteiger partial charge < -0.3 is 0 Å². The molecule has 0 aromatic rings. The average Bonchev–Trinajstić information content (AvgIpc) is 1.67. The van der Waals surface area contributed by atoms with Crippen molar-refractivity contribution in [3.8, 4) is 0 Å². The first-order valence-corrected chi connectivity index (χ1v) is 5.20. The molecule has 0 heterocycles. The minimum atomic E-state index is 0.713. The van der Waals surface area contributed by atoms with Gasteiger partial charge in [-0.1, -0.05) is 42.5 Å². The van der Waals surface area contributed by atoms with Crippen LogP contribution in [-0.4, -0.2) is 4.43 Å². The fraction of sp³-hybridized carbons (Fsp3) is 0.667. The number of alkyl halides is 1. The van der Waals surface area contributed by atoms with Crippen LogP contribution in [0, 0.1) is 5.92 Å². The van der Waals surface area contributed by atoms with Crippen molar-refractivity contribution in [1.82, 2.24) is 0 Å². The Morgan fingerprint density at radius 2 is 2.12 bits per heavy atom. The van der Waals surface area contributed by atoms with Crippen LogP contribution < -0.4 is 0 Å². The Hall–Kier alpha value is 1.20. The molecule has 0 aliphatic heterocycles. The van der Waals surface area contributed by atoms with Gasteiger partial charge in [-0.2, -0.15) is 0 Å². The first kappa shape index (κ1) is 9.20. The van der Waals surface area contributed by atoms with Crippen molar-refractivity contribution in [2.24, 2.45) is 5.92 Å². The Kier molecular flexibility index (Phi) is 5.78. The molecule has 0 amide bonds. The number of hydrogen-bond acceptors (Lipinski definition) is 0. The van der Waals surface area contributed by atoms with E-state index in [-0.39, 0.29) is 0 Å². The summed E-state index contributed by atoms with van der Waals surface area (Å²) >= 11 is 4.74. The summed E-state index contributed by atoms with van der Waals surface area (Å²) in [5, 5.41) is 0. The average molecular weight is 336 g/mol. The van der Waals surface area contributed by atoms with Gasteiger partial charge in [-0.25, -0.2) is 0 Å². The smallest absolute Gasteiger partial charge is 0.0186 e. The van der Waals surface area contributed by atoms with Gasteiger partial charge in [-0.3, -0.25) is 0 Å². The number of rotatable bonds is 2. The van der Waals surface area contributed by atoms with Crippen LogP contribution in [0.2, 0.25) is 0 Å². The van der Waals surface area contributed by atoms with E-state index in [1.807, 2.05) is 0 Å². The number of hydrogen-bond donors (Lipinski definition) is 0. The van der Waals surface area contributed by atoms with Gasteiger partial charge >= 0.3 is 0 Å². The molecule has 0 radical (unpaired) electrons. The SMILES string of the molecule is CC(C)/C(I)=C/CI. The molecule has 0 aliphatic rings. The van der Waals surface area contributed by atoms with Gasteiger partial charge in [0.2, 0.25) is 0 Å². The van der Waals surface area contributed by atoms with Crippen LogP contribution in [0.4, 0.5) is 0 Å². The monoisotopic (exact) mass is 336 g/mol. The number of halogens is 2. The Bertz CT molecular complexity index is 84.5. The van der Waals surface area contributed by atoms with E-state index in [9.17, 15) is 0 Å². The first-order valence-electron chi connectivity index (χ1n) is 2.60. The Morgan fingerprint density at radius 3 is 2.25 bits per heavy atom. The lowest BCUT2D eigenvalue weighted by Crippen LogP contribution is -1.84. The second-order valence-electron chi connectivity index (χ2n) is 1.90. The van der Waals surface area contributed by atoms with Gasteiger partial charge in [0.1, 0.15) is 0 Å². The van der Waals surface area contributed by atoms with E-state index in [2.05, 4.69) is 65.1 Å². The highest BCUT2D eigenvalue weighted by atomic mass is 127. The fourth-order valence-electron chi connectivity index (χ4n) is 0.309. The predicted octanol–water partition coefficient (Wildman–Crippen LogP) is 3.40. The maximum atomic E-state index is 2.39. The minimum Gasteiger partial charge on any atom is -0.0818 e. The van der Waals surface area contributed by atoms with Gasteiger partial charge in [-0.05, 0) is 32.1 Å². The van der Waals surface area contributed by atoms with E-state index in [1.165, 1.54) is 3.58 Å². The molecule has 0 N–H and O–H groups in total. The van der Waals surface area contributed by atoms with Crippen LogP contribution >= 0.6 is 45.2 Å². The van der Waals surface area contributed by atoms with Crippen LogP contribution in [0.25, 0.3) is 0 Å². The summed E-state index contributed by atoms with van der Waals surface area (Å²) in [6, 6.07) is 0. The molecule has 0 rings (SSSR count). The third-order valence-corrected chi connectivity index (χ3v) is 2.95. The molecule has 8 heavy (non-hydrogen) atoms. The second kappa shape index (κ2) is 5.02. The summed E-state index contributed by atoms with van der Waals surface area (Å²) in [4.78, 5) is 0. The van der Waals surface area contributed by atoms with E-state index < -0.39 is 0 Å². The quantitative estimate of drug-likeness (QED) is 0.536. The van der Waals surface area contributed by atoms with Gasteiger partial charge in [0.15, 0.2) is 0 Å². The van der Waals surface area contributed by atoms with E-state index in [4.69, 9.17) is 0 Å². The highest BCUT2D eigenvalue weighted by molar-refractivity contribution is 14.1. The second-order valence-corrected chi connectivity index (χ2v) is 4.02. The van der Waals surface area contributed by atoms with Gasteiger partial charge in [0, 0.05) is 4.43 Å². The van der Waals surface area contributed by atoms with Gasteiger partial charge in [0.25, 0.3) is 0 Å². The molecule has 2 heteroatoms. The lowest BCUT2D eigenvalue weighted by molar-refractivity contribution is 0.824. The lowest BCUT2D eigenvalue weighted by Gasteiger charge is -1.99. The zero-order valence-electron chi connectivity index (χ0n) is 5.12. The molecule has 0 fully saturated rings.